The maximum absolute atomic E-state index is 11.0. The Labute approximate surface area is 149 Å². The lowest BCUT2D eigenvalue weighted by Crippen LogP contribution is -2.95. The number of nitrogens with two attached hydrogens (primary N) is 1. The molecule has 2 atom stereocenters. The lowest BCUT2D eigenvalue weighted by Gasteiger charge is -2.19. The van der Waals surface area contributed by atoms with Crippen LogP contribution in [0.2, 0.25) is 0 Å². The van der Waals surface area contributed by atoms with Gasteiger partial charge in [-0.15, -0.1) is 0 Å². The molecule has 0 aliphatic heterocycles. The number of quaternary nitrogens is 1. The normalized spacial score (nSPS) is 13.7. The third kappa shape index (κ3) is 3.68. The summed E-state index contributed by atoms with van der Waals surface area (Å²) in [7, 11) is 0. The number of hydrogen-bond acceptors (Lipinski definition) is 5. The molecule has 0 radical (unpaired) electrons. The van der Waals surface area contributed by atoms with Gasteiger partial charge in [0.2, 0.25) is 0 Å². The van der Waals surface area contributed by atoms with Crippen LogP contribution in [0.3, 0.4) is 0 Å². The van der Waals surface area contributed by atoms with E-state index in [4.69, 9.17) is 0 Å². The van der Waals surface area contributed by atoms with E-state index in [9.17, 15) is 24.9 Å². The van der Waals surface area contributed by atoms with Crippen molar-refractivity contribution in [1.82, 2.24) is 4.57 Å². The summed E-state index contributed by atoms with van der Waals surface area (Å²) in [6, 6.07) is 14.4. The molecule has 7 nitrogen and oxygen atoms in total. The number of aliphatic hydroxyl groups excluding tert-OH is 1. The molecule has 0 spiro atoms. The molecule has 0 fully saturated rings. The SMILES string of the molecule is O=C([O-])C[C@@H]([NH2+]C[C@H](O)Cn1c2ccccc2c2ccccc21)C(=O)[O-]. The summed E-state index contributed by atoms with van der Waals surface area (Å²) >= 11 is 0. The highest BCUT2D eigenvalue weighted by molar-refractivity contribution is 6.07. The van der Waals surface area contributed by atoms with Crippen LogP contribution in [0.5, 0.6) is 0 Å². The standard InChI is InChI=1S/C19H20N2O5/c22-12(10-20-15(19(25)26)9-18(23)24)11-21-16-7-3-1-5-13(16)14-6-2-4-8-17(14)21/h1-8,12,15,20,22H,9-11H2,(H,23,24)(H,25,26)/p-1/t12-,15+/m0/s1. The highest BCUT2D eigenvalue weighted by Crippen LogP contribution is 2.28. The van der Waals surface area contributed by atoms with Gasteiger partial charge in [-0.3, -0.25) is 0 Å². The second-order valence-electron chi connectivity index (χ2n) is 6.27. The Morgan fingerprint density at radius 2 is 1.54 bits per heavy atom. The van der Waals surface area contributed by atoms with Gasteiger partial charge in [-0.1, -0.05) is 36.4 Å². The minimum atomic E-state index is -1.49. The average Bonchev–Trinajstić information content (AvgIpc) is 2.93. The van der Waals surface area contributed by atoms with E-state index in [0.29, 0.717) is 0 Å². The Morgan fingerprint density at radius 3 is 2.04 bits per heavy atom. The molecule has 0 saturated heterocycles. The zero-order valence-electron chi connectivity index (χ0n) is 14.0. The first-order valence-electron chi connectivity index (χ1n) is 8.35. The third-order valence-corrected chi connectivity index (χ3v) is 4.46. The van der Waals surface area contributed by atoms with Crippen LogP contribution in [0, 0.1) is 0 Å². The van der Waals surface area contributed by atoms with Crippen molar-refractivity contribution in [3.8, 4) is 0 Å². The Kier molecular flexibility index (Phi) is 5.20. The molecule has 3 aromatic rings. The number of aliphatic carboxylic acids is 2. The highest BCUT2D eigenvalue weighted by atomic mass is 16.4. The van der Waals surface area contributed by atoms with Crippen LogP contribution in [-0.4, -0.2) is 40.3 Å². The zero-order valence-corrected chi connectivity index (χ0v) is 14.0. The number of carboxylic acids is 2. The molecule has 0 bridgehead atoms. The van der Waals surface area contributed by atoms with Crippen LogP contribution in [0.25, 0.3) is 21.8 Å². The molecule has 0 saturated carbocycles. The second-order valence-corrected chi connectivity index (χ2v) is 6.27. The Morgan fingerprint density at radius 1 is 1.00 bits per heavy atom. The predicted octanol–water partition coefficient (Wildman–Crippen LogP) is -2.02. The number of hydrogen-bond donors (Lipinski definition) is 2. The summed E-state index contributed by atoms with van der Waals surface area (Å²) < 4.78 is 1.98. The van der Waals surface area contributed by atoms with Crippen molar-refractivity contribution in [1.29, 1.82) is 0 Å². The molecule has 26 heavy (non-hydrogen) atoms. The van der Waals surface area contributed by atoms with E-state index in [1.807, 2.05) is 53.1 Å². The number of fused-ring (bicyclic) bond motifs is 3. The fraction of sp³-hybridized carbons (Fsp3) is 0.263. The molecule has 3 N–H and O–H groups in total. The number of aromatic nitrogens is 1. The monoisotopic (exact) mass is 355 g/mol. The average molecular weight is 355 g/mol. The van der Waals surface area contributed by atoms with Crippen LogP contribution >= 0.6 is 0 Å². The number of carboxylic acid groups (broad SMARTS) is 2. The fourth-order valence-electron chi connectivity index (χ4n) is 3.25. The van der Waals surface area contributed by atoms with Gasteiger partial charge in [0.15, 0.2) is 0 Å². The summed E-state index contributed by atoms with van der Waals surface area (Å²) in [6.07, 6.45) is -1.53. The van der Waals surface area contributed by atoms with Crippen LogP contribution in [0.1, 0.15) is 6.42 Å². The van der Waals surface area contributed by atoms with Crippen molar-refractivity contribution in [2.75, 3.05) is 6.54 Å². The molecule has 0 aliphatic carbocycles. The molecule has 0 amide bonds. The fourth-order valence-corrected chi connectivity index (χ4v) is 3.25. The summed E-state index contributed by atoms with van der Waals surface area (Å²) in [5, 5.41) is 35.4. The molecule has 1 aromatic heterocycles. The molecule has 7 heteroatoms. The molecule has 0 unspecified atom stereocenters. The van der Waals surface area contributed by atoms with Gasteiger partial charge < -0.3 is 34.8 Å². The number of aliphatic hydroxyl groups is 1. The van der Waals surface area contributed by atoms with E-state index in [1.165, 1.54) is 5.32 Å². The first kappa shape index (κ1) is 17.9. The van der Waals surface area contributed by atoms with Gasteiger partial charge in [-0.2, -0.15) is 0 Å². The van der Waals surface area contributed by atoms with Crippen LogP contribution in [0.4, 0.5) is 0 Å². The number of benzene rings is 2. The van der Waals surface area contributed by atoms with Crippen LogP contribution < -0.4 is 15.5 Å². The topological polar surface area (TPSA) is 122 Å². The van der Waals surface area contributed by atoms with Gasteiger partial charge in [0.25, 0.3) is 0 Å². The number of carbonyl (C=O) groups excluding carboxylic acids is 2. The lowest BCUT2D eigenvalue weighted by atomic mass is 10.2. The van der Waals surface area contributed by atoms with E-state index >= 15 is 0 Å². The Hall–Kier alpha value is -2.90. The third-order valence-electron chi connectivity index (χ3n) is 4.46. The first-order valence-corrected chi connectivity index (χ1v) is 8.35. The van der Waals surface area contributed by atoms with Crippen LogP contribution in [-0.2, 0) is 16.1 Å². The lowest BCUT2D eigenvalue weighted by molar-refractivity contribution is -0.688. The van der Waals surface area contributed by atoms with Crippen LogP contribution in [0.15, 0.2) is 48.5 Å². The van der Waals surface area contributed by atoms with Gasteiger partial charge in [0.1, 0.15) is 18.7 Å². The zero-order chi connectivity index (χ0) is 18.7. The molecule has 2 aromatic carbocycles. The molecular weight excluding hydrogens is 336 g/mol. The molecule has 0 aliphatic rings. The molecule has 3 rings (SSSR count). The quantitative estimate of drug-likeness (QED) is 0.483. The van der Waals surface area contributed by atoms with Crippen molar-refractivity contribution in [2.24, 2.45) is 0 Å². The summed E-state index contributed by atoms with van der Waals surface area (Å²) in [6.45, 7) is 0.294. The number of rotatable bonds is 8. The number of para-hydroxylation sites is 2. The largest absolute Gasteiger partial charge is 0.550 e. The first-order chi connectivity index (χ1) is 12.5. The van der Waals surface area contributed by atoms with E-state index < -0.39 is 30.5 Å². The van der Waals surface area contributed by atoms with Crippen molar-refractivity contribution >= 4 is 33.7 Å². The van der Waals surface area contributed by atoms with E-state index in [2.05, 4.69) is 0 Å². The van der Waals surface area contributed by atoms with Gasteiger partial charge >= 0.3 is 0 Å². The maximum atomic E-state index is 11.0. The Bertz CT molecular complexity index is 896. The van der Waals surface area contributed by atoms with Crippen molar-refractivity contribution in [2.45, 2.75) is 25.1 Å². The molecule has 136 valence electrons. The second kappa shape index (κ2) is 7.55. The summed E-state index contributed by atoms with van der Waals surface area (Å²) in [5.41, 5.74) is 1.94. The van der Waals surface area contributed by atoms with Crippen molar-refractivity contribution in [3.05, 3.63) is 48.5 Å². The number of nitrogens with zero attached hydrogens (tertiary/aromatic N) is 1. The predicted molar refractivity (Wildman–Crippen MR) is 90.7 cm³/mol. The van der Waals surface area contributed by atoms with Crippen molar-refractivity contribution < 1.29 is 30.2 Å². The molecule has 1 heterocycles. The van der Waals surface area contributed by atoms with E-state index in [-0.39, 0.29) is 13.1 Å². The summed E-state index contributed by atoms with van der Waals surface area (Å²) in [5.74, 6) is -2.95. The maximum Gasteiger partial charge on any atom is 0.131 e. The highest BCUT2D eigenvalue weighted by Gasteiger charge is 2.18. The van der Waals surface area contributed by atoms with Gasteiger partial charge in [0.05, 0.1) is 12.5 Å². The van der Waals surface area contributed by atoms with Gasteiger partial charge in [-0.05, 0) is 12.1 Å². The van der Waals surface area contributed by atoms with Gasteiger partial charge in [-0.25, -0.2) is 0 Å². The molecular formula is C19H19N2O5-. The smallest absolute Gasteiger partial charge is 0.131 e. The van der Waals surface area contributed by atoms with E-state index in [1.54, 1.807) is 0 Å². The number of carbonyl (C=O) groups is 2. The minimum absolute atomic E-state index is 0.0345. The van der Waals surface area contributed by atoms with Gasteiger partial charge in [0, 0.05) is 34.2 Å². The Balaban J connectivity index is 1.79. The minimum Gasteiger partial charge on any atom is -0.550 e. The van der Waals surface area contributed by atoms with E-state index in [0.717, 1.165) is 21.8 Å². The van der Waals surface area contributed by atoms with Crippen molar-refractivity contribution in [3.63, 3.8) is 0 Å². The summed E-state index contributed by atoms with van der Waals surface area (Å²) in [4.78, 5) is 21.6.